The van der Waals surface area contributed by atoms with Crippen molar-refractivity contribution in [2.24, 2.45) is 5.41 Å². The molecule has 2 heterocycles. The van der Waals surface area contributed by atoms with Gasteiger partial charge in [-0.3, -0.25) is 4.98 Å². The second-order valence-electron chi connectivity index (χ2n) is 9.40. The van der Waals surface area contributed by atoms with Crippen molar-refractivity contribution in [1.82, 2.24) is 25.2 Å². The smallest absolute Gasteiger partial charge is 0.181 e. The van der Waals surface area contributed by atoms with E-state index in [1.165, 1.54) is 11.1 Å². The standard InChI is InChI=1S/C27H31N5O/c1-6-32-25(29-30-31-32)20-10-12-21(13-11-20)27(5,26(2,3)4)22-14-16-24(17-15-22)33-19-23-9-7-8-18-28-23/h7-18H,6,19H2,1-5H3. The van der Waals surface area contributed by atoms with Crippen molar-refractivity contribution >= 4 is 0 Å². The lowest BCUT2D eigenvalue weighted by Crippen LogP contribution is -2.38. The molecule has 0 saturated heterocycles. The van der Waals surface area contributed by atoms with E-state index in [-0.39, 0.29) is 10.8 Å². The highest BCUT2D eigenvalue weighted by molar-refractivity contribution is 5.56. The molecule has 0 fully saturated rings. The molecule has 2 aromatic carbocycles. The molecule has 0 bridgehead atoms. The Hall–Kier alpha value is -3.54. The molecule has 170 valence electrons. The van der Waals surface area contributed by atoms with Gasteiger partial charge in [-0.15, -0.1) is 5.10 Å². The normalized spacial score (nSPS) is 13.5. The number of pyridine rings is 1. The maximum atomic E-state index is 5.95. The molecule has 0 spiro atoms. The molecule has 4 aromatic rings. The van der Waals surface area contributed by atoms with Gasteiger partial charge in [0, 0.05) is 23.7 Å². The zero-order valence-electron chi connectivity index (χ0n) is 20.0. The van der Waals surface area contributed by atoms with Gasteiger partial charge in [-0.1, -0.05) is 70.2 Å². The molecule has 0 N–H and O–H groups in total. The summed E-state index contributed by atoms with van der Waals surface area (Å²) in [5, 5.41) is 12.1. The van der Waals surface area contributed by atoms with Crippen molar-refractivity contribution in [3.8, 4) is 17.1 Å². The molecule has 0 saturated carbocycles. The predicted octanol–water partition coefficient (Wildman–Crippen LogP) is 5.69. The Morgan fingerprint density at radius 3 is 2.09 bits per heavy atom. The van der Waals surface area contributed by atoms with Crippen molar-refractivity contribution in [2.45, 2.75) is 53.2 Å². The quantitative estimate of drug-likeness (QED) is 0.369. The summed E-state index contributed by atoms with van der Waals surface area (Å²) in [6.45, 7) is 12.4. The summed E-state index contributed by atoms with van der Waals surface area (Å²) < 4.78 is 7.75. The highest BCUT2D eigenvalue weighted by Crippen LogP contribution is 2.47. The van der Waals surface area contributed by atoms with Crippen molar-refractivity contribution in [2.75, 3.05) is 0 Å². The lowest BCUT2D eigenvalue weighted by molar-refractivity contribution is 0.248. The van der Waals surface area contributed by atoms with Crippen molar-refractivity contribution in [1.29, 1.82) is 0 Å². The van der Waals surface area contributed by atoms with Crippen LogP contribution in [0.15, 0.2) is 72.9 Å². The SMILES string of the molecule is CCn1nnnc1-c1ccc(C(C)(c2ccc(OCc3ccccn3)cc2)C(C)(C)C)cc1. The van der Waals surface area contributed by atoms with E-state index in [1.807, 2.05) is 41.9 Å². The molecule has 0 aliphatic heterocycles. The number of hydrogen-bond acceptors (Lipinski definition) is 5. The Labute approximate surface area is 195 Å². The van der Waals surface area contributed by atoms with Crippen LogP contribution in [0.5, 0.6) is 5.75 Å². The molecular formula is C27H31N5O. The molecule has 0 radical (unpaired) electrons. The zero-order valence-corrected chi connectivity index (χ0v) is 20.0. The highest BCUT2D eigenvalue weighted by Gasteiger charge is 2.40. The summed E-state index contributed by atoms with van der Waals surface area (Å²) in [6, 6.07) is 22.9. The first kappa shape index (κ1) is 22.6. The predicted molar refractivity (Wildman–Crippen MR) is 130 cm³/mol. The minimum atomic E-state index is -0.207. The third kappa shape index (κ3) is 4.51. The molecule has 1 atom stereocenters. The summed E-state index contributed by atoms with van der Waals surface area (Å²) in [6.07, 6.45) is 1.78. The van der Waals surface area contributed by atoms with Crippen LogP contribution in [-0.2, 0) is 18.6 Å². The fourth-order valence-corrected chi connectivity index (χ4v) is 4.13. The van der Waals surface area contributed by atoms with Gasteiger partial charge in [0.1, 0.15) is 12.4 Å². The van der Waals surface area contributed by atoms with Gasteiger partial charge in [0.05, 0.1) is 5.69 Å². The van der Waals surface area contributed by atoms with Crippen molar-refractivity contribution in [3.05, 3.63) is 89.7 Å². The molecule has 2 aromatic heterocycles. The number of ether oxygens (including phenoxy) is 1. The van der Waals surface area contributed by atoms with Gasteiger partial charge in [0.2, 0.25) is 0 Å². The lowest BCUT2D eigenvalue weighted by atomic mass is 9.60. The van der Waals surface area contributed by atoms with Gasteiger partial charge in [0.15, 0.2) is 5.82 Å². The molecule has 33 heavy (non-hydrogen) atoms. The fraction of sp³-hybridized carbons (Fsp3) is 0.333. The van der Waals surface area contributed by atoms with Crippen LogP contribution in [0.25, 0.3) is 11.4 Å². The van der Waals surface area contributed by atoms with Gasteiger partial charge in [-0.05, 0) is 58.2 Å². The Morgan fingerprint density at radius 1 is 0.848 bits per heavy atom. The van der Waals surface area contributed by atoms with Crippen LogP contribution < -0.4 is 4.74 Å². The molecule has 6 nitrogen and oxygen atoms in total. The van der Waals surface area contributed by atoms with Crippen LogP contribution in [-0.4, -0.2) is 25.2 Å². The van der Waals surface area contributed by atoms with E-state index < -0.39 is 0 Å². The van der Waals surface area contributed by atoms with Crippen LogP contribution in [0.4, 0.5) is 0 Å². The number of rotatable bonds is 7. The maximum Gasteiger partial charge on any atom is 0.181 e. The number of aromatic nitrogens is 5. The average Bonchev–Trinajstić information content (AvgIpc) is 3.32. The maximum absolute atomic E-state index is 5.95. The van der Waals surface area contributed by atoms with Crippen molar-refractivity contribution < 1.29 is 4.74 Å². The van der Waals surface area contributed by atoms with Gasteiger partial charge < -0.3 is 4.74 Å². The van der Waals surface area contributed by atoms with E-state index in [4.69, 9.17) is 4.74 Å². The van der Waals surface area contributed by atoms with Gasteiger partial charge in [-0.25, -0.2) is 4.68 Å². The zero-order chi connectivity index (χ0) is 23.5. The Balaban J connectivity index is 1.61. The number of benzene rings is 2. The summed E-state index contributed by atoms with van der Waals surface area (Å²) in [5.74, 6) is 1.62. The summed E-state index contributed by atoms with van der Waals surface area (Å²) >= 11 is 0. The topological polar surface area (TPSA) is 65.7 Å². The van der Waals surface area contributed by atoms with Crippen molar-refractivity contribution in [3.63, 3.8) is 0 Å². The van der Waals surface area contributed by atoms with E-state index in [0.717, 1.165) is 29.4 Å². The van der Waals surface area contributed by atoms with Crippen LogP contribution in [0.1, 0.15) is 51.4 Å². The lowest BCUT2D eigenvalue weighted by Gasteiger charge is -2.43. The van der Waals surface area contributed by atoms with Crippen LogP contribution in [0.3, 0.4) is 0 Å². The number of nitrogens with zero attached hydrogens (tertiary/aromatic N) is 5. The third-order valence-electron chi connectivity index (χ3n) is 6.60. The number of tetrazole rings is 1. The molecule has 0 amide bonds. The van der Waals surface area contributed by atoms with Crippen LogP contribution >= 0.6 is 0 Å². The summed E-state index contributed by atoms with van der Waals surface area (Å²) in [5.41, 5.74) is 4.19. The summed E-state index contributed by atoms with van der Waals surface area (Å²) in [4.78, 5) is 4.32. The molecule has 0 aliphatic rings. The van der Waals surface area contributed by atoms with Crippen LogP contribution in [0.2, 0.25) is 0 Å². The Kier molecular flexibility index (Phi) is 6.27. The molecule has 4 rings (SSSR count). The fourth-order valence-electron chi connectivity index (χ4n) is 4.13. The monoisotopic (exact) mass is 441 g/mol. The first-order chi connectivity index (χ1) is 15.8. The minimum absolute atomic E-state index is 0.0180. The first-order valence-electron chi connectivity index (χ1n) is 11.3. The molecule has 0 aliphatic carbocycles. The van der Waals surface area contributed by atoms with Gasteiger partial charge in [-0.2, -0.15) is 0 Å². The van der Waals surface area contributed by atoms with E-state index in [2.05, 4.69) is 84.6 Å². The third-order valence-corrected chi connectivity index (χ3v) is 6.60. The van der Waals surface area contributed by atoms with E-state index >= 15 is 0 Å². The minimum Gasteiger partial charge on any atom is -0.487 e. The van der Waals surface area contributed by atoms with E-state index in [1.54, 1.807) is 6.20 Å². The van der Waals surface area contributed by atoms with E-state index in [9.17, 15) is 0 Å². The van der Waals surface area contributed by atoms with Gasteiger partial charge in [0.25, 0.3) is 0 Å². The molecular weight excluding hydrogens is 410 g/mol. The van der Waals surface area contributed by atoms with Gasteiger partial charge >= 0.3 is 0 Å². The molecule has 1 unspecified atom stereocenters. The largest absolute Gasteiger partial charge is 0.487 e. The van der Waals surface area contributed by atoms with E-state index in [0.29, 0.717) is 6.61 Å². The number of hydrogen-bond donors (Lipinski definition) is 0. The first-order valence-corrected chi connectivity index (χ1v) is 11.3. The Bertz CT molecular complexity index is 1180. The average molecular weight is 442 g/mol. The Morgan fingerprint density at radius 2 is 1.52 bits per heavy atom. The molecule has 6 heteroatoms. The van der Waals surface area contributed by atoms with Crippen LogP contribution in [0, 0.1) is 5.41 Å². The summed E-state index contributed by atoms with van der Waals surface area (Å²) in [7, 11) is 0. The second-order valence-corrected chi connectivity index (χ2v) is 9.40. The second kappa shape index (κ2) is 9.14. The highest BCUT2D eigenvalue weighted by atomic mass is 16.5. The number of aryl methyl sites for hydroxylation is 1.